The standard InChI is InChI=1S/C68H82N18O16S6/c1-13-35-61-79-41(21-104-61)57(97)85-50(67(12,101)32(11)89)64-81-43(23-107-64)60(103)84-46-31(10)102-65(100)38-18-34(29(8)87)33-14-15-36(48(90)47(33)75-38)74-44(24(2)3)58(98)73-27(6)53(93)71-26(5)52(92)72-28(7)54(94)86-68(66-82-42(22-108-66)56(96)83-45(30(9)88)59(99)77-35)17-16-37(76-49(68)39-19-106-63(46)78-39)62-80-40(20-105-62)55(95)70-25(4)51(69)91/h13-15,18-20,22-24,27-32,36-37,41,44-46,48-50,74,76,87-90,101H,4-5,16-17,21H2,1-3,6-12H3,(H2,69,91)(H,70,95)(H,71,93)(H,72,92)(H,73,98)(H,77,99)(H,83,96)(H,84,103)(H,85,97)(H,86,94). The van der Waals surface area contributed by atoms with E-state index in [0.717, 1.165) is 57.1 Å². The number of esters is 1. The Morgan fingerprint density at radius 1 is 0.787 bits per heavy atom. The number of cyclic esters (lactones) is 1. The average molecular weight is 1600 g/mol. The van der Waals surface area contributed by atoms with Gasteiger partial charge in [-0.25, -0.2) is 29.7 Å². The number of nitrogens with one attached hydrogen (secondary N) is 11. The number of carbonyl (C=O) groups is 10. The molecule has 9 amide bonds. The highest BCUT2D eigenvalue weighted by atomic mass is 32.2. The molecule has 17 unspecified atom stereocenters. The van der Waals surface area contributed by atoms with E-state index in [-0.39, 0.29) is 94.6 Å². The molecule has 0 saturated carbocycles. The lowest BCUT2D eigenvalue weighted by molar-refractivity contribution is -0.131. The van der Waals surface area contributed by atoms with Gasteiger partial charge in [0, 0.05) is 32.8 Å². The van der Waals surface area contributed by atoms with Crippen molar-refractivity contribution in [1.29, 1.82) is 0 Å². The SMILES string of the molecule is C=C(NC(=O)c1csc(C2CCC34NC(=O)C(C)NC(=O)C(=C)NC(=O)C(C)NC(=O)C(C(C)C)NC5C=Cc6c(C(C)O)cc(nc6C5O)C(=O)OC(C)C(NC(=S)c5csc(n5)C(C(C)(O)C(C)O)NC(=O)C5CSC(=N5)C(=CC)NC(=O)C(C(C)O)NC(=O)c5csc3n5)c3nc(cs3)C4N2)n1)C(N)=O. The molecule has 576 valence electrons. The van der Waals surface area contributed by atoms with Crippen LogP contribution in [0.4, 0.5) is 0 Å². The summed E-state index contributed by atoms with van der Waals surface area (Å²) < 4.78 is 6.35. The largest absolute Gasteiger partial charge is 0.455 e. The van der Waals surface area contributed by atoms with Crippen LogP contribution in [0.3, 0.4) is 0 Å². The molecule has 0 spiro atoms. The number of thioether (sulfide) groups is 1. The van der Waals surface area contributed by atoms with E-state index in [0.29, 0.717) is 5.01 Å². The topological polar surface area (TPSA) is 516 Å². The number of thiazole rings is 4. The van der Waals surface area contributed by atoms with Crippen LogP contribution in [0.2, 0.25) is 0 Å². The minimum Gasteiger partial charge on any atom is -0.455 e. The Kier molecular flexibility index (Phi) is 25.2. The Labute approximate surface area is 644 Å². The zero-order valence-corrected chi connectivity index (χ0v) is 64.7. The van der Waals surface area contributed by atoms with Crippen molar-refractivity contribution in [1.82, 2.24) is 83.4 Å². The van der Waals surface area contributed by atoms with Crippen LogP contribution in [0.5, 0.6) is 0 Å². The second-order valence-electron chi connectivity index (χ2n) is 27.0. The van der Waals surface area contributed by atoms with Crippen LogP contribution in [-0.4, -0.2) is 186 Å². The molecule has 1 fully saturated rings. The molecule has 34 nitrogen and oxygen atoms in total. The molecule has 5 aromatic rings. The Balaban J connectivity index is 1.17. The molecule has 1 saturated heterocycles. The number of aromatic nitrogens is 5. The summed E-state index contributed by atoms with van der Waals surface area (Å²) in [5.74, 6) is -9.52. The molecule has 108 heavy (non-hydrogen) atoms. The van der Waals surface area contributed by atoms with Gasteiger partial charge >= 0.3 is 5.97 Å². The number of hydrogen-bond acceptors (Lipinski definition) is 30. The van der Waals surface area contributed by atoms with Gasteiger partial charge < -0.3 is 83.9 Å². The molecule has 1 aliphatic carbocycles. The van der Waals surface area contributed by atoms with E-state index in [1.54, 1.807) is 38.3 Å². The highest BCUT2D eigenvalue weighted by Gasteiger charge is 2.52. The number of aliphatic hydroxyl groups excluding tert-OH is 4. The van der Waals surface area contributed by atoms with Crippen molar-refractivity contribution in [3.8, 4) is 0 Å². The van der Waals surface area contributed by atoms with Gasteiger partial charge in [0.1, 0.15) is 112 Å². The van der Waals surface area contributed by atoms with Crippen molar-refractivity contribution in [3.63, 3.8) is 0 Å². The molecule has 5 aromatic heterocycles. The molecular weight excluding hydrogens is 1520 g/mol. The Morgan fingerprint density at radius 2 is 1.48 bits per heavy atom. The molecule has 18 N–H and O–H groups in total. The summed E-state index contributed by atoms with van der Waals surface area (Å²) in [5, 5.41) is 95.5. The van der Waals surface area contributed by atoms with Crippen molar-refractivity contribution in [2.75, 3.05) is 5.75 Å². The van der Waals surface area contributed by atoms with Gasteiger partial charge in [-0.3, -0.25) is 58.8 Å². The van der Waals surface area contributed by atoms with Crippen LogP contribution < -0.4 is 64.2 Å². The summed E-state index contributed by atoms with van der Waals surface area (Å²) in [6.45, 7) is 21.8. The van der Waals surface area contributed by atoms with E-state index >= 15 is 9.59 Å². The van der Waals surface area contributed by atoms with Crippen LogP contribution >= 0.6 is 69.3 Å². The van der Waals surface area contributed by atoms with E-state index in [1.165, 1.54) is 76.7 Å². The van der Waals surface area contributed by atoms with Crippen LogP contribution in [0, 0.1) is 5.92 Å². The Hall–Kier alpha value is -9.04. The highest BCUT2D eigenvalue weighted by molar-refractivity contribution is 8.14. The number of pyridine rings is 1. The van der Waals surface area contributed by atoms with E-state index in [9.17, 15) is 63.9 Å². The number of ether oxygens (including phenoxy) is 1. The average Bonchev–Trinajstić information content (AvgIpc) is 1.50. The number of carbonyl (C=O) groups excluding carboxylic acids is 10. The van der Waals surface area contributed by atoms with Crippen molar-refractivity contribution in [2.45, 2.75) is 184 Å². The number of allylic oxidation sites excluding steroid dienone is 1. The van der Waals surface area contributed by atoms with Crippen molar-refractivity contribution in [2.24, 2.45) is 16.6 Å². The van der Waals surface area contributed by atoms with Crippen molar-refractivity contribution < 1.29 is 78.2 Å². The number of aliphatic hydroxyl groups is 5. The fourth-order valence-corrected chi connectivity index (χ4v) is 17.4. The molecule has 10 rings (SSSR count). The smallest absolute Gasteiger partial charge is 0.357 e. The first-order chi connectivity index (χ1) is 50.9. The molecular formula is C68H82N18O16S6. The zero-order valence-electron chi connectivity index (χ0n) is 59.8. The third-order valence-electron chi connectivity index (χ3n) is 18.7. The number of primary amides is 1. The lowest BCUT2D eigenvalue weighted by Gasteiger charge is -2.46. The van der Waals surface area contributed by atoms with Crippen molar-refractivity contribution >= 4 is 145 Å². The predicted octanol–water partition coefficient (Wildman–Crippen LogP) is 1.13. The minimum atomic E-state index is -2.12. The van der Waals surface area contributed by atoms with Gasteiger partial charge in [-0.05, 0) is 85.8 Å². The highest BCUT2D eigenvalue weighted by Crippen LogP contribution is 2.48. The van der Waals surface area contributed by atoms with Gasteiger partial charge in [0.15, 0.2) is 0 Å². The minimum absolute atomic E-state index is 0.0118. The molecule has 5 aliphatic rings. The van der Waals surface area contributed by atoms with Gasteiger partial charge in [0.25, 0.3) is 23.6 Å². The number of thiocarbonyl (C=S) groups is 1. The van der Waals surface area contributed by atoms with Gasteiger partial charge in [0.2, 0.25) is 29.5 Å². The molecule has 0 radical (unpaired) electrons. The summed E-state index contributed by atoms with van der Waals surface area (Å²) in [7, 11) is 0. The first-order valence-electron chi connectivity index (χ1n) is 34.0. The first kappa shape index (κ1) is 81.5. The summed E-state index contributed by atoms with van der Waals surface area (Å²) in [5.41, 5.74) is 0.162. The number of hydrogen-bond donors (Lipinski definition) is 17. The second kappa shape index (κ2) is 33.4. The van der Waals surface area contributed by atoms with Gasteiger partial charge in [-0.1, -0.05) is 57.5 Å². The van der Waals surface area contributed by atoms with Crippen LogP contribution in [0.25, 0.3) is 6.08 Å². The summed E-state index contributed by atoms with van der Waals surface area (Å²) in [6.07, 6.45) is -2.78. The number of fused-ring (bicyclic) bond motifs is 7. The van der Waals surface area contributed by atoms with E-state index in [2.05, 4.69) is 86.6 Å². The maximum atomic E-state index is 15.3. The van der Waals surface area contributed by atoms with E-state index in [4.69, 9.17) is 37.6 Å². The third kappa shape index (κ3) is 17.5. The van der Waals surface area contributed by atoms with Gasteiger partial charge in [0.05, 0.1) is 71.0 Å². The molecule has 0 aromatic carbocycles. The van der Waals surface area contributed by atoms with Crippen molar-refractivity contribution in [3.05, 3.63) is 135 Å². The fourth-order valence-electron chi connectivity index (χ4n) is 12.2. The van der Waals surface area contributed by atoms with E-state index < -0.39 is 179 Å². The lowest BCUT2D eigenvalue weighted by Crippen LogP contribution is -2.61. The monoisotopic (exact) mass is 1600 g/mol. The Bertz CT molecular complexity index is 4540. The lowest BCUT2D eigenvalue weighted by atomic mass is 9.78. The normalized spacial score (nSPS) is 28.3. The number of aliphatic imine (C=N–C) groups is 1. The molecule has 40 heteroatoms. The van der Waals surface area contributed by atoms with E-state index in [1.807, 2.05) is 0 Å². The maximum Gasteiger partial charge on any atom is 0.357 e. The zero-order chi connectivity index (χ0) is 78.9. The van der Waals surface area contributed by atoms with Crippen LogP contribution in [0.15, 0.2) is 75.0 Å². The summed E-state index contributed by atoms with van der Waals surface area (Å²) in [4.78, 5) is 170. The number of amides is 9. The van der Waals surface area contributed by atoms with Gasteiger partial charge in [-0.2, -0.15) is 0 Å². The maximum absolute atomic E-state index is 15.3. The summed E-state index contributed by atoms with van der Waals surface area (Å²) in [6, 6.07) is -11.5. The summed E-state index contributed by atoms with van der Waals surface area (Å²) >= 11 is 11.1. The molecule has 17 atom stereocenters. The number of nitrogens with zero attached hydrogens (tertiary/aromatic N) is 6. The quantitative estimate of drug-likeness (QED) is 0.0559. The van der Waals surface area contributed by atoms with Crippen LogP contribution in [0.1, 0.15) is 198 Å². The molecule has 13 bridgehead atoms. The number of piperidine rings is 1. The Morgan fingerprint density at radius 3 is 2.16 bits per heavy atom. The second-order valence-corrected chi connectivity index (χ2v) is 31.9. The third-order valence-corrected chi connectivity index (χ3v) is 23.9. The predicted molar refractivity (Wildman–Crippen MR) is 403 cm³/mol. The fraction of sp³-hybridized carbons (Fsp3) is 0.456. The molecule has 9 heterocycles. The first-order valence-corrected chi connectivity index (χ1v) is 38.9. The van der Waals surface area contributed by atoms with Gasteiger partial charge in [-0.15, -0.1) is 57.1 Å². The molecule has 4 aliphatic heterocycles. The number of nitrogens with two attached hydrogens (primary N) is 1. The van der Waals surface area contributed by atoms with Crippen LogP contribution in [-0.2, 0) is 43.8 Å². The number of rotatable bonds is 9.